The maximum atomic E-state index is 12.5. The second-order valence-electron chi connectivity index (χ2n) is 4.19. The van der Waals surface area contributed by atoms with E-state index in [2.05, 4.69) is 0 Å². The minimum Gasteiger partial charge on any atom is -0.368 e. The highest BCUT2D eigenvalue weighted by atomic mass is 32.2. The topological polar surface area (TPSA) is 61.2 Å². The van der Waals surface area contributed by atoms with Crippen LogP contribution in [0.5, 0.6) is 0 Å². The van der Waals surface area contributed by atoms with Gasteiger partial charge in [-0.25, -0.2) is 8.42 Å². The van der Waals surface area contributed by atoms with E-state index in [1.807, 2.05) is 18.0 Å². The summed E-state index contributed by atoms with van der Waals surface area (Å²) in [6.45, 7) is 0.776. The molecular weight excluding hydrogens is 280 g/mol. The quantitative estimate of drug-likeness (QED) is 0.783. The Hall–Kier alpha value is -1.45. The van der Waals surface area contributed by atoms with Crippen LogP contribution < -0.4 is 0 Å². The molecule has 0 unspecified atom stereocenters. The largest absolute Gasteiger partial charge is 0.368 e. The van der Waals surface area contributed by atoms with Gasteiger partial charge < -0.3 is 4.90 Å². The zero-order valence-corrected chi connectivity index (χ0v) is 12.2. The molecule has 19 heavy (non-hydrogen) atoms. The van der Waals surface area contributed by atoms with Crippen molar-refractivity contribution < 1.29 is 8.42 Å². The van der Waals surface area contributed by atoms with E-state index < -0.39 is 9.84 Å². The highest BCUT2D eigenvalue weighted by molar-refractivity contribution is 8.04. The SMILES string of the molecule is CN1CCCS/C1=C(\C#N)S(=O)(=O)c1ccccc1. The molecule has 0 bridgehead atoms. The van der Waals surface area contributed by atoms with E-state index in [9.17, 15) is 13.7 Å². The number of nitrogens with zero attached hydrogens (tertiary/aromatic N) is 2. The molecule has 4 nitrogen and oxygen atoms in total. The minimum absolute atomic E-state index is 0.147. The fourth-order valence-corrected chi connectivity index (χ4v) is 4.58. The number of hydrogen-bond donors (Lipinski definition) is 0. The van der Waals surface area contributed by atoms with Gasteiger partial charge in [-0.15, -0.1) is 11.8 Å². The zero-order chi connectivity index (χ0) is 13.9. The molecule has 0 atom stereocenters. The van der Waals surface area contributed by atoms with Gasteiger partial charge in [0.1, 0.15) is 11.1 Å². The Kier molecular flexibility index (Phi) is 4.17. The molecule has 0 spiro atoms. The number of thioether (sulfide) groups is 1. The highest BCUT2D eigenvalue weighted by Gasteiger charge is 2.28. The van der Waals surface area contributed by atoms with Gasteiger partial charge in [-0.1, -0.05) is 18.2 Å². The van der Waals surface area contributed by atoms with Gasteiger partial charge in [-0.05, 0) is 18.6 Å². The average molecular weight is 294 g/mol. The Morgan fingerprint density at radius 2 is 2.05 bits per heavy atom. The standard InChI is InChI=1S/C13H14N2O2S2/c1-15-8-5-9-18-13(15)12(10-14)19(16,17)11-6-3-2-4-7-11/h2-4,6-7H,5,8-9H2,1H3/b13-12+. The van der Waals surface area contributed by atoms with Crippen LogP contribution in [-0.2, 0) is 9.84 Å². The summed E-state index contributed by atoms with van der Waals surface area (Å²) in [5, 5.41) is 9.82. The van der Waals surface area contributed by atoms with Crippen molar-refractivity contribution in [1.29, 1.82) is 5.26 Å². The van der Waals surface area contributed by atoms with E-state index in [0.29, 0.717) is 5.03 Å². The number of allylic oxidation sites excluding steroid dienone is 1. The van der Waals surface area contributed by atoms with Gasteiger partial charge in [0.2, 0.25) is 9.84 Å². The van der Waals surface area contributed by atoms with E-state index in [1.165, 1.54) is 23.9 Å². The summed E-state index contributed by atoms with van der Waals surface area (Å²) in [5.41, 5.74) is 0. The van der Waals surface area contributed by atoms with Crippen molar-refractivity contribution in [2.24, 2.45) is 0 Å². The maximum Gasteiger partial charge on any atom is 0.219 e. The molecule has 1 saturated heterocycles. The summed E-state index contributed by atoms with van der Waals surface area (Å²) in [6.07, 6.45) is 0.995. The van der Waals surface area contributed by atoms with E-state index >= 15 is 0 Å². The van der Waals surface area contributed by atoms with E-state index in [0.717, 1.165) is 18.7 Å². The van der Waals surface area contributed by atoms with Crippen LogP contribution in [0.15, 0.2) is 45.2 Å². The number of sulfone groups is 1. The molecular formula is C13H14N2O2S2. The molecule has 1 aliphatic heterocycles. The molecule has 0 aliphatic carbocycles. The molecule has 0 N–H and O–H groups in total. The maximum absolute atomic E-state index is 12.5. The molecule has 1 aromatic rings. The van der Waals surface area contributed by atoms with Crippen LogP contribution in [0, 0.1) is 11.3 Å². The lowest BCUT2D eigenvalue weighted by Crippen LogP contribution is -2.25. The van der Waals surface area contributed by atoms with Crippen LogP contribution >= 0.6 is 11.8 Å². The van der Waals surface area contributed by atoms with Crippen molar-refractivity contribution in [3.05, 3.63) is 40.3 Å². The van der Waals surface area contributed by atoms with Crippen molar-refractivity contribution in [3.63, 3.8) is 0 Å². The first-order valence-electron chi connectivity index (χ1n) is 5.86. The molecule has 0 saturated carbocycles. The Morgan fingerprint density at radius 1 is 1.37 bits per heavy atom. The average Bonchev–Trinajstić information content (AvgIpc) is 2.42. The summed E-state index contributed by atoms with van der Waals surface area (Å²) in [4.78, 5) is 1.86. The molecule has 0 amide bonds. The Morgan fingerprint density at radius 3 is 2.63 bits per heavy atom. The fraction of sp³-hybridized carbons (Fsp3) is 0.308. The number of nitriles is 1. The molecule has 0 radical (unpaired) electrons. The lowest BCUT2D eigenvalue weighted by Gasteiger charge is -2.27. The Labute approximate surface area is 117 Å². The van der Waals surface area contributed by atoms with Crippen molar-refractivity contribution >= 4 is 21.6 Å². The van der Waals surface area contributed by atoms with Crippen molar-refractivity contribution in [3.8, 4) is 6.07 Å². The van der Waals surface area contributed by atoms with Gasteiger partial charge in [-0.2, -0.15) is 5.26 Å². The van der Waals surface area contributed by atoms with E-state index in [1.54, 1.807) is 18.2 Å². The summed E-state index contributed by atoms with van der Waals surface area (Å²) in [7, 11) is -1.91. The number of hydrogen-bond acceptors (Lipinski definition) is 5. The summed E-state index contributed by atoms with van der Waals surface area (Å²) >= 11 is 1.43. The molecule has 0 aromatic heterocycles. The van der Waals surface area contributed by atoms with Crippen LogP contribution in [0.2, 0.25) is 0 Å². The highest BCUT2D eigenvalue weighted by Crippen LogP contribution is 2.32. The van der Waals surface area contributed by atoms with Gasteiger partial charge >= 0.3 is 0 Å². The number of rotatable bonds is 2. The molecule has 1 aliphatic rings. The Bertz CT molecular complexity index is 630. The third-order valence-electron chi connectivity index (χ3n) is 2.84. The summed E-state index contributed by atoms with van der Waals surface area (Å²) in [6, 6.07) is 9.96. The normalized spacial score (nSPS) is 18.8. The molecule has 100 valence electrons. The van der Waals surface area contributed by atoms with Crippen molar-refractivity contribution in [2.75, 3.05) is 19.3 Å². The first-order valence-corrected chi connectivity index (χ1v) is 8.32. The zero-order valence-electron chi connectivity index (χ0n) is 10.5. The van der Waals surface area contributed by atoms with Crippen LogP contribution in [0.25, 0.3) is 0 Å². The van der Waals surface area contributed by atoms with E-state index in [-0.39, 0.29) is 9.80 Å². The van der Waals surface area contributed by atoms with Crippen LogP contribution in [0.4, 0.5) is 0 Å². The smallest absolute Gasteiger partial charge is 0.219 e. The lowest BCUT2D eigenvalue weighted by atomic mass is 10.4. The third-order valence-corrected chi connectivity index (χ3v) is 5.97. The second kappa shape index (κ2) is 5.68. The number of benzene rings is 1. The van der Waals surface area contributed by atoms with Gasteiger partial charge in [0.05, 0.1) is 4.90 Å². The van der Waals surface area contributed by atoms with Crippen LogP contribution in [0.1, 0.15) is 6.42 Å². The van der Waals surface area contributed by atoms with Crippen molar-refractivity contribution in [2.45, 2.75) is 11.3 Å². The van der Waals surface area contributed by atoms with Gasteiger partial charge in [-0.3, -0.25) is 0 Å². The molecule has 1 aromatic carbocycles. The van der Waals surface area contributed by atoms with Crippen molar-refractivity contribution in [1.82, 2.24) is 4.90 Å². The third kappa shape index (κ3) is 2.77. The van der Waals surface area contributed by atoms with Crippen LogP contribution in [-0.4, -0.2) is 32.7 Å². The molecule has 6 heteroatoms. The summed E-state index contributed by atoms with van der Waals surface area (Å²) in [5.74, 6) is 0.842. The fourth-order valence-electron chi connectivity index (χ4n) is 1.86. The van der Waals surface area contributed by atoms with E-state index in [4.69, 9.17) is 0 Å². The second-order valence-corrected chi connectivity index (χ2v) is 7.16. The lowest BCUT2D eigenvalue weighted by molar-refractivity contribution is 0.435. The molecule has 2 rings (SSSR count). The molecule has 1 fully saturated rings. The van der Waals surface area contributed by atoms with Gasteiger partial charge in [0, 0.05) is 19.3 Å². The first-order chi connectivity index (χ1) is 9.07. The predicted octanol–water partition coefficient (Wildman–Crippen LogP) is 2.22. The van der Waals surface area contributed by atoms with Crippen LogP contribution in [0.3, 0.4) is 0 Å². The molecule has 1 heterocycles. The monoisotopic (exact) mass is 294 g/mol. The minimum atomic E-state index is -3.73. The Balaban J connectivity index is 2.54. The first kappa shape index (κ1) is 14.0. The van der Waals surface area contributed by atoms with Gasteiger partial charge in [0.25, 0.3) is 0 Å². The van der Waals surface area contributed by atoms with Gasteiger partial charge in [0.15, 0.2) is 4.91 Å². The predicted molar refractivity (Wildman–Crippen MR) is 76.0 cm³/mol. The summed E-state index contributed by atoms with van der Waals surface area (Å²) < 4.78 is 25.0.